The lowest BCUT2D eigenvalue weighted by molar-refractivity contribution is 0.591. The Morgan fingerprint density at radius 2 is 1.54 bits per heavy atom. The summed E-state index contributed by atoms with van der Waals surface area (Å²) >= 11 is 9.12. The number of sulfone groups is 1. The highest BCUT2D eigenvalue weighted by Gasteiger charge is 2.73. The van der Waals surface area contributed by atoms with Gasteiger partial charge in [0.2, 0.25) is 0 Å². The summed E-state index contributed by atoms with van der Waals surface area (Å²) in [5, 5.41) is 18.3. The van der Waals surface area contributed by atoms with E-state index in [0.29, 0.717) is 10.6 Å². The Hall–Kier alpha value is -1.86. The summed E-state index contributed by atoms with van der Waals surface area (Å²) < 4.78 is 26.7. The Labute approximate surface area is 153 Å². The Morgan fingerprint density at radius 1 is 1.00 bits per heavy atom. The van der Waals surface area contributed by atoms with Gasteiger partial charge in [-0.1, -0.05) is 39.7 Å². The topological polar surface area (TPSA) is 81.7 Å². The second-order valence-corrected chi connectivity index (χ2v) is 8.96. The number of nitrogens with zero attached hydrogens (tertiary/aromatic N) is 2. The normalized spacial score (nSPS) is 21.5. The molecule has 120 valence electrons. The first kappa shape index (κ1) is 17.0. The first-order valence-electron chi connectivity index (χ1n) is 6.94. The van der Waals surface area contributed by atoms with Crippen LogP contribution in [0.2, 0.25) is 5.02 Å². The molecule has 1 aliphatic rings. The molecule has 1 saturated carbocycles. The Balaban J connectivity index is 2.09. The minimum absolute atomic E-state index is 0.0615. The fourth-order valence-electron chi connectivity index (χ4n) is 2.95. The molecule has 2 unspecified atom stereocenters. The van der Waals surface area contributed by atoms with Crippen LogP contribution in [0.25, 0.3) is 0 Å². The predicted octanol–water partition coefficient (Wildman–Crippen LogP) is 4.08. The van der Waals surface area contributed by atoms with Crippen LogP contribution in [-0.2, 0) is 9.84 Å². The van der Waals surface area contributed by atoms with Crippen LogP contribution in [0.5, 0.6) is 0 Å². The fourth-order valence-corrected chi connectivity index (χ4v) is 5.54. The summed E-state index contributed by atoms with van der Waals surface area (Å²) in [5.41, 5.74) is -0.921. The zero-order valence-corrected chi connectivity index (χ0v) is 15.3. The molecule has 0 aromatic heterocycles. The Bertz CT molecular complexity index is 959. The molecule has 0 aliphatic heterocycles. The van der Waals surface area contributed by atoms with Crippen molar-refractivity contribution in [2.45, 2.75) is 16.1 Å². The summed E-state index contributed by atoms with van der Waals surface area (Å²) in [5.74, 6) is -0.679. The zero-order valence-electron chi connectivity index (χ0n) is 12.1. The maximum Gasteiger partial charge on any atom is 0.184 e. The van der Waals surface area contributed by atoms with Crippen LogP contribution in [0.3, 0.4) is 0 Å². The molecule has 2 atom stereocenters. The van der Waals surface area contributed by atoms with E-state index in [4.69, 9.17) is 11.6 Å². The molecule has 0 bridgehead atoms. The predicted molar refractivity (Wildman–Crippen MR) is 93.0 cm³/mol. The van der Waals surface area contributed by atoms with E-state index in [1.807, 2.05) is 12.1 Å². The lowest BCUT2D eigenvalue weighted by Crippen LogP contribution is -2.14. The van der Waals surface area contributed by atoms with Gasteiger partial charge in [-0.2, -0.15) is 10.5 Å². The van der Waals surface area contributed by atoms with E-state index in [2.05, 4.69) is 15.9 Å². The average molecular weight is 422 g/mol. The van der Waals surface area contributed by atoms with E-state index in [1.165, 1.54) is 24.3 Å². The molecule has 24 heavy (non-hydrogen) atoms. The summed E-state index contributed by atoms with van der Waals surface area (Å²) in [4.78, 5) is 0.0615. The third kappa shape index (κ3) is 2.52. The molecule has 2 aromatic carbocycles. The number of nitriles is 2. The Kier molecular flexibility index (Phi) is 4.17. The third-order valence-electron chi connectivity index (χ3n) is 4.21. The smallest absolute Gasteiger partial charge is 0.184 e. The average Bonchev–Trinajstić information content (AvgIpc) is 3.26. The van der Waals surface area contributed by atoms with E-state index < -0.39 is 26.4 Å². The van der Waals surface area contributed by atoms with Crippen molar-refractivity contribution in [1.82, 2.24) is 0 Å². The van der Waals surface area contributed by atoms with Gasteiger partial charge >= 0.3 is 0 Å². The lowest BCUT2D eigenvalue weighted by atomic mass is 10.0. The van der Waals surface area contributed by atoms with Gasteiger partial charge in [0.15, 0.2) is 15.3 Å². The number of hydrogen-bond donors (Lipinski definition) is 0. The van der Waals surface area contributed by atoms with E-state index in [0.717, 1.165) is 4.47 Å². The van der Waals surface area contributed by atoms with E-state index in [1.54, 1.807) is 24.3 Å². The maximum absolute atomic E-state index is 12.9. The van der Waals surface area contributed by atoms with Crippen molar-refractivity contribution >= 4 is 37.4 Å². The van der Waals surface area contributed by atoms with Crippen LogP contribution in [0.4, 0.5) is 0 Å². The molecular weight excluding hydrogens is 412 g/mol. The standard InChI is InChI=1S/C17H10BrClN2O2S/c18-12-3-1-11(2-4-12)15-16(17(15,9-20)10-21)24(22,23)14-7-5-13(19)6-8-14/h1-8,15-16H. The number of rotatable bonds is 3. The molecule has 0 heterocycles. The molecule has 0 saturated heterocycles. The molecule has 2 aromatic rings. The SMILES string of the molecule is N#CC1(C#N)C(c2ccc(Br)cc2)C1S(=O)(=O)c1ccc(Cl)cc1. The number of halogens is 2. The van der Waals surface area contributed by atoms with Crippen molar-refractivity contribution in [3.8, 4) is 12.1 Å². The minimum atomic E-state index is -3.84. The van der Waals surface area contributed by atoms with Crippen LogP contribution in [-0.4, -0.2) is 13.7 Å². The second kappa shape index (κ2) is 5.89. The van der Waals surface area contributed by atoms with Gasteiger partial charge in [0.1, 0.15) is 5.25 Å². The van der Waals surface area contributed by atoms with Crippen molar-refractivity contribution in [1.29, 1.82) is 10.5 Å². The maximum atomic E-state index is 12.9. The molecule has 0 spiro atoms. The van der Waals surface area contributed by atoms with Crippen molar-refractivity contribution in [3.05, 3.63) is 63.6 Å². The van der Waals surface area contributed by atoms with Gasteiger partial charge in [0.05, 0.1) is 17.0 Å². The van der Waals surface area contributed by atoms with Crippen molar-refractivity contribution < 1.29 is 8.42 Å². The monoisotopic (exact) mass is 420 g/mol. The highest BCUT2D eigenvalue weighted by atomic mass is 79.9. The second-order valence-electron chi connectivity index (χ2n) is 5.54. The van der Waals surface area contributed by atoms with Gasteiger partial charge in [-0.05, 0) is 42.0 Å². The van der Waals surface area contributed by atoms with E-state index in [9.17, 15) is 18.9 Å². The molecule has 7 heteroatoms. The van der Waals surface area contributed by atoms with Crippen LogP contribution in [0.15, 0.2) is 57.9 Å². The zero-order chi connectivity index (χ0) is 17.5. The molecule has 0 N–H and O–H groups in total. The van der Waals surface area contributed by atoms with Crippen LogP contribution in [0, 0.1) is 28.1 Å². The lowest BCUT2D eigenvalue weighted by Gasteiger charge is -2.04. The third-order valence-corrected chi connectivity index (χ3v) is 7.23. The van der Waals surface area contributed by atoms with Gasteiger partial charge in [-0.15, -0.1) is 0 Å². The van der Waals surface area contributed by atoms with Gasteiger partial charge in [0.25, 0.3) is 0 Å². The summed E-state index contributed by atoms with van der Waals surface area (Å²) in [6.45, 7) is 0. The van der Waals surface area contributed by atoms with Crippen molar-refractivity contribution in [2.24, 2.45) is 5.41 Å². The highest BCUT2D eigenvalue weighted by Crippen LogP contribution is 2.63. The molecule has 1 aliphatic carbocycles. The first-order chi connectivity index (χ1) is 11.4. The molecule has 1 fully saturated rings. The highest BCUT2D eigenvalue weighted by molar-refractivity contribution is 9.10. The van der Waals surface area contributed by atoms with Crippen molar-refractivity contribution in [3.63, 3.8) is 0 Å². The summed E-state index contributed by atoms with van der Waals surface area (Å²) in [6.07, 6.45) is 0. The molecule has 4 nitrogen and oxygen atoms in total. The number of benzene rings is 2. The van der Waals surface area contributed by atoms with Crippen LogP contribution < -0.4 is 0 Å². The molecule has 3 rings (SSSR count). The van der Waals surface area contributed by atoms with Gasteiger partial charge < -0.3 is 0 Å². The van der Waals surface area contributed by atoms with Gasteiger partial charge in [-0.3, -0.25) is 0 Å². The number of hydrogen-bond acceptors (Lipinski definition) is 4. The summed E-state index contributed by atoms with van der Waals surface area (Å²) in [6, 6.07) is 16.6. The first-order valence-corrected chi connectivity index (χ1v) is 9.66. The van der Waals surface area contributed by atoms with Gasteiger partial charge in [0, 0.05) is 15.4 Å². The van der Waals surface area contributed by atoms with E-state index in [-0.39, 0.29) is 4.90 Å². The van der Waals surface area contributed by atoms with Crippen LogP contribution >= 0.6 is 27.5 Å². The van der Waals surface area contributed by atoms with Gasteiger partial charge in [-0.25, -0.2) is 8.42 Å². The largest absolute Gasteiger partial charge is 0.223 e. The quantitative estimate of drug-likeness (QED) is 0.748. The minimum Gasteiger partial charge on any atom is -0.223 e. The molecule has 0 radical (unpaired) electrons. The molecular formula is C17H10BrClN2O2S. The Morgan fingerprint density at radius 3 is 2.04 bits per heavy atom. The van der Waals surface area contributed by atoms with E-state index >= 15 is 0 Å². The van der Waals surface area contributed by atoms with Crippen molar-refractivity contribution in [2.75, 3.05) is 0 Å². The fraction of sp³-hybridized carbons (Fsp3) is 0.176. The summed E-state index contributed by atoms with van der Waals surface area (Å²) in [7, 11) is -3.84. The van der Waals surface area contributed by atoms with Crippen LogP contribution in [0.1, 0.15) is 11.5 Å². The molecule has 0 amide bonds.